The summed E-state index contributed by atoms with van der Waals surface area (Å²) < 4.78 is 1.83. The lowest BCUT2D eigenvalue weighted by molar-refractivity contribution is -0.124. The molecular weight excluding hydrogens is 276 g/mol. The highest BCUT2D eigenvalue weighted by Crippen LogP contribution is 2.24. The van der Waals surface area contributed by atoms with Gasteiger partial charge in [-0.15, -0.1) is 0 Å². The van der Waals surface area contributed by atoms with Gasteiger partial charge in [0.2, 0.25) is 5.91 Å². The SMILES string of the molecule is Cc1cc(C)n(-c2ccc(CNC(=O)C3CCCC3)cn2)n1. The van der Waals surface area contributed by atoms with Crippen molar-refractivity contribution in [2.75, 3.05) is 0 Å². The van der Waals surface area contributed by atoms with Crippen LogP contribution >= 0.6 is 0 Å². The van der Waals surface area contributed by atoms with E-state index in [0.29, 0.717) is 6.54 Å². The second-order valence-corrected chi connectivity index (χ2v) is 6.06. The lowest BCUT2D eigenvalue weighted by Gasteiger charge is -2.10. The van der Waals surface area contributed by atoms with Gasteiger partial charge in [-0.25, -0.2) is 9.67 Å². The Kier molecular flexibility index (Phi) is 4.22. The summed E-state index contributed by atoms with van der Waals surface area (Å²) in [6.07, 6.45) is 6.22. The van der Waals surface area contributed by atoms with Gasteiger partial charge in [0.15, 0.2) is 5.82 Å². The molecule has 1 fully saturated rings. The van der Waals surface area contributed by atoms with Gasteiger partial charge in [-0.1, -0.05) is 18.9 Å². The Morgan fingerprint density at radius 1 is 1.32 bits per heavy atom. The first-order chi connectivity index (χ1) is 10.6. The average Bonchev–Trinajstić information content (AvgIpc) is 3.15. The molecule has 1 saturated carbocycles. The highest BCUT2D eigenvalue weighted by Gasteiger charge is 2.22. The molecular formula is C17H22N4O. The van der Waals surface area contributed by atoms with Crippen LogP contribution in [0.25, 0.3) is 5.82 Å². The second kappa shape index (κ2) is 6.30. The summed E-state index contributed by atoms with van der Waals surface area (Å²) in [4.78, 5) is 16.5. The van der Waals surface area contributed by atoms with Crippen LogP contribution in [0.4, 0.5) is 0 Å². The maximum atomic E-state index is 12.0. The van der Waals surface area contributed by atoms with Gasteiger partial charge >= 0.3 is 0 Å². The van der Waals surface area contributed by atoms with Crippen molar-refractivity contribution in [3.05, 3.63) is 41.3 Å². The number of hydrogen-bond acceptors (Lipinski definition) is 3. The van der Waals surface area contributed by atoms with Crippen LogP contribution in [0.15, 0.2) is 24.4 Å². The van der Waals surface area contributed by atoms with E-state index in [0.717, 1.165) is 35.6 Å². The molecule has 116 valence electrons. The third kappa shape index (κ3) is 3.18. The van der Waals surface area contributed by atoms with Gasteiger partial charge in [0.25, 0.3) is 0 Å². The summed E-state index contributed by atoms with van der Waals surface area (Å²) in [6.45, 7) is 4.52. The predicted molar refractivity (Wildman–Crippen MR) is 84.6 cm³/mol. The van der Waals surface area contributed by atoms with Gasteiger partial charge < -0.3 is 5.32 Å². The van der Waals surface area contributed by atoms with Crippen molar-refractivity contribution >= 4 is 5.91 Å². The van der Waals surface area contributed by atoms with Crippen LogP contribution in [0.1, 0.15) is 42.6 Å². The molecule has 0 unspecified atom stereocenters. The molecule has 5 heteroatoms. The summed E-state index contributed by atoms with van der Waals surface area (Å²) in [7, 11) is 0. The third-order valence-electron chi connectivity index (χ3n) is 4.23. The van der Waals surface area contributed by atoms with Crippen LogP contribution in [0, 0.1) is 19.8 Å². The molecule has 1 N–H and O–H groups in total. The predicted octanol–water partition coefficient (Wildman–Crippen LogP) is 2.69. The molecule has 0 aromatic carbocycles. The number of aromatic nitrogens is 3. The average molecular weight is 298 g/mol. The highest BCUT2D eigenvalue weighted by atomic mass is 16.1. The molecule has 0 radical (unpaired) electrons. The lowest BCUT2D eigenvalue weighted by atomic mass is 10.1. The molecule has 0 saturated heterocycles. The molecule has 3 rings (SSSR count). The number of pyridine rings is 1. The van der Waals surface area contributed by atoms with Crippen molar-refractivity contribution < 1.29 is 4.79 Å². The summed E-state index contributed by atoms with van der Waals surface area (Å²) >= 11 is 0. The summed E-state index contributed by atoms with van der Waals surface area (Å²) in [6, 6.07) is 5.96. The molecule has 2 aromatic rings. The number of rotatable bonds is 4. The first kappa shape index (κ1) is 14.8. The Labute approximate surface area is 130 Å². The van der Waals surface area contributed by atoms with Crippen LogP contribution in [0.5, 0.6) is 0 Å². The Morgan fingerprint density at radius 2 is 2.09 bits per heavy atom. The number of carbonyl (C=O) groups excluding carboxylic acids is 1. The fourth-order valence-electron chi connectivity index (χ4n) is 3.03. The number of aryl methyl sites for hydroxylation is 2. The van der Waals surface area contributed by atoms with E-state index in [1.54, 1.807) is 6.20 Å². The van der Waals surface area contributed by atoms with Crippen molar-refractivity contribution in [2.24, 2.45) is 5.92 Å². The first-order valence-electron chi connectivity index (χ1n) is 7.90. The molecule has 1 aliphatic carbocycles. The van der Waals surface area contributed by atoms with E-state index in [1.165, 1.54) is 12.8 Å². The standard InChI is InChI=1S/C17H22N4O/c1-12-9-13(2)21(20-12)16-8-7-14(10-18-16)11-19-17(22)15-5-3-4-6-15/h7-10,15H,3-6,11H2,1-2H3,(H,19,22). The number of amides is 1. The minimum absolute atomic E-state index is 0.181. The minimum Gasteiger partial charge on any atom is -0.352 e. The van der Waals surface area contributed by atoms with Crippen molar-refractivity contribution in [1.82, 2.24) is 20.1 Å². The van der Waals surface area contributed by atoms with E-state index in [1.807, 2.05) is 36.7 Å². The molecule has 1 amide bonds. The zero-order valence-corrected chi connectivity index (χ0v) is 13.2. The van der Waals surface area contributed by atoms with E-state index >= 15 is 0 Å². The maximum Gasteiger partial charge on any atom is 0.223 e. The number of nitrogens with zero attached hydrogens (tertiary/aromatic N) is 3. The van der Waals surface area contributed by atoms with Crippen molar-refractivity contribution in [1.29, 1.82) is 0 Å². The monoisotopic (exact) mass is 298 g/mol. The third-order valence-corrected chi connectivity index (χ3v) is 4.23. The van der Waals surface area contributed by atoms with E-state index in [9.17, 15) is 4.79 Å². The maximum absolute atomic E-state index is 12.0. The number of carbonyl (C=O) groups is 1. The zero-order valence-electron chi connectivity index (χ0n) is 13.2. The van der Waals surface area contributed by atoms with E-state index < -0.39 is 0 Å². The molecule has 2 heterocycles. The van der Waals surface area contributed by atoms with Crippen LogP contribution in [-0.4, -0.2) is 20.7 Å². The second-order valence-electron chi connectivity index (χ2n) is 6.06. The molecule has 1 aliphatic rings. The van der Waals surface area contributed by atoms with E-state index in [2.05, 4.69) is 15.4 Å². The molecule has 0 atom stereocenters. The van der Waals surface area contributed by atoms with Gasteiger partial charge in [0, 0.05) is 24.4 Å². The lowest BCUT2D eigenvalue weighted by Crippen LogP contribution is -2.28. The smallest absolute Gasteiger partial charge is 0.223 e. The molecule has 0 aliphatic heterocycles. The van der Waals surface area contributed by atoms with E-state index in [-0.39, 0.29) is 11.8 Å². The van der Waals surface area contributed by atoms with Gasteiger partial charge in [-0.2, -0.15) is 5.10 Å². The quantitative estimate of drug-likeness (QED) is 0.944. The van der Waals surface area contributed by atoms with Crippen LogP contribution in [0.2, 0.25) is 0 Å². The fraction of sp³-hybridized carbons (Fsp3) is 0.471. The van der Waals surface area contributed by atoms with Crippen molar-refractivity contribution in [3.8, 4) is 5.82 Å². The molecule has 0 spiro atoms. The molecule has 0 bridgehead atoms. The van der Waals surface area contributed by atoms with Crippen molar-refractivity contribution in [2.45, 2.75) is 46.1 Å². The Balaban J connectivity index is 1.62. The molecule has 2 aromatic heterocycles. The number of hydrogen-bond donors (Lipinski definition) is 1. The molecule has 5 nitrogen and oxygen atoms in total. The summed E-state index contributed by atoms with van der Waals surface area (Å²) in [5, 5.41) is 7.44. The van der Waals surface area contributed by atoms with Crippen molar-refractivity contribution in [3.63, 3.8) is 0 Å². The summed E-state index contributed by atoms with van der Waals surface area (Å²) in [5.74, 6) is 1.19. The minimum atomic E-state index is 0.181. The normalized spacial score (nSPS) is 15.2. The Hall–Kier alpha value is -2.17. The summed E-state index contributed by atoms with van der Waals surface area (Å²) in [5.41, 5.74) is 3.05. The van der Waals surface area contributed by atoms with Crippen LogP contribution in [-0.2, 0) is 11.3 Å². The first-order valence-corrected chi connectivity index (χ1v) is 7.90. The fourth-order valence-corrected chi connectivity index (χ4v) is 3.03. The molecule has 22 heavy (non-hydrogen) atoms. The largest absolute Gasteiger partial charge is 0.352 e. The zero-order chi connectivity index (χ0) is 15.5. The van der Waals surface area contributed by atoms with Gasteiger partial charge in [0.1, 0.15) is 0 Å². The van der Waals surface area contributed by atoms with Gasteiger partial charge in [-0.05, 0) is 44.4 Å². The van der Waals surface area contributed by atoms with Crippen LogP contribution in [0.3, 0.4) is 0 Å². The van der Waals surface area contributed by atoms with Gasteiger partial charge in [0.05, 0.1) is 5.69 Å². The van der Waals surface area contributed by atoms with Crippen LogP contribution < -0.4 is 5.32 Å². The van der Waals surface area contributed by atoms with E-state index in [4.69, 9.17) is 0 Å². The Bertz CT molecular complexity index is 654. The van der Waals surface area contributed by atoms with Gasteiger partial charge in [-0.3, -0.25) is 4.79 Å². The Morgan fingerprint density at radius 3 is 2.68 bits per heavy atom. The number of nitrogens with one attached hydrogen (secondary N) is 1. The highest BCUT2D eigenvalue weighted by molar-refractivity contribution is 5.78. The topological polar surface area (TPSA) is 59.8 Å².